The first-order chi connectivity index (χ1) is 9.79. The van der Waals surface area contributed by atoms with Gasteiger partial charge in [-0.1, -0.05) is 5.21 Å². The van der Waals surface area contributed by atoms with Crippen molar-refractivity contribution in [1.29, 1.82) is 0 Å². The number of carboxylic acid groups (broad SMARTS) is 1. The number of likely N-dealkylation sites (tertiary alicyclic amines) is 1. The Kier molecular flexibility index (Phi) is 4.14. The van der Waals surface area contributed by atoms with Crippen LogP contribution in [0.5, 0.6) is 0 Å². The molecule has 1 amide bonds. The first kappa shape index (κ1) is 15.3. The number of amides is 1. The van der Waals surface area contributed by atoms with Crippen LogP contribution >= 0.6 is 0 Å². The van der Waals surface area contributed by atoms with Crippen molar-refractivity contribution in [1.82, 2.24) is 19.9 Å². The van der Waals surface area contributed by atoms with Crippen LogP contribution in [-0.4, -0.2) is 56.1 Å². The van der Waals surface area contributed by atoms with Gasteiger partial charge in [-0.2, -0.15) is 13.2 Å². The summed E-state index contributed by atoms with van der Waals surface area (Å²) in [6, 6.07) is 0. The molecule has 0 unspecified atom stereocenters. The van der Waals surface area contributed by atoms with Crippen LogP contribution in [0.1, 0.15) is 6.42 Å². The summed E-state index contributed by atoms with van der Waals surface area (Å²) in [5, 5.41) is 16.0. The number of carboxylic acids is 1. The fraction of sp³-hybridized carbons (Fsp3) is 0.636. The Balaban J connectivity index is 1.98. The van der Waals surface area contributed by atoms with E-state index in [1.165, 1.54) is 17.1 Å². The van der Waals surface area contributed by atoms with E-state index in [-0.39, 0.29) is 13.0 Å². The van der Waals surface area contributed by atoms with Crippen LogP contribution < -0.4 is 0 Å². The molecular formula is C11H13F3N4O3. The molecular weight excluding hydrogens is 293 g/mol. The molecule has 2 rings (SSSR count). The topological polar surface area (TPSA) is 88.3 Å². The summed E-state index contributed by atoms with van der Waals surface area (Å²) < 4.78 is 39.8. The Morgan fingerprint density at radius 3 is 2.52 bits per heavy atom. The fourth-order valence-corrected chi connectivity index (χ4v) is 2.31. The molecule has 1 aliphatic rings. The number of alkyl halides is 3. The largest absolute Gasteiger partial charge is 0.481 e. The van der Waals surface area contributed by atoms with Crippen molar-refractivity contribution in [2.75, 3.05) is 13.1 Å². The van der Waals surface area contributed by atoms with E-state index in [4.69, 9.17) is 5.11 Å². The number of hydrogen-bond acceptors (Lipinski definition) is 4. The average Bonchev–Trinajstić information content (AvgIpc) is 3.04. The molecule has 0 spiro atoms. The maximum atomic E-state index is 12.8. The molecule has 2 heterocycles. The molecule has 1 N–H and O–H groups in total. The Morgan fingerprint density at radius 2 is 2.05 bits per heavy atom. The fourth-order valence-electron chi connectivity index (χ4n) is 2.31. The van der Waals surface area contributed by atoms with Gasteiger partial charge in [-0.3, -0.25) is 14.3 Å². The van der Waals surface area contributed by atoms with E-state index >= 15 is 0 Å². The van der Waals surface area contributed by atoms with Gasteiger partial charge in [-0.15, -0.1) is 5.10 Å². The highest BCUT2D eigenvalue weighted by Crippen LogP contribution is 2.37. The number of nitrogens with zero attached hydrogens (tertiary/aromatic N) is 4. The molecule has 0 aliphatic carbocycles. The van der Waals surface area contributed by atoms with E-state index < -0.39 is 43.0 Å². The van der Waals surface area contributed by atoms with Crippen molar-refractivity contribution in [3.63, 3.8) is 0 Å². The second-order valence-corrected chi connectivity index (χ2v) is 4.81. The first-order valence-corrected chi connectivity index (χ1v) is 6.20. The molecule has 1 saturated heterocycles. The summed E-state index contributed by atoms with van der Waals surface area (Å²) in [6.07, 6.45) is -1.75. The molecule has 21 heavy (non-hydrogen) atoms. The lowest BCUT2D eigenvalue weighted by Gasteiger charge is -2.18. The second kappa shape index (κ2) is 5.70. The molecule has 10 heteroatoms. The molecule has 0 radical (unpaired) electrons. The third kappa shape index (κ3) is 3.50. The van der Waals surface area contributed by atoms with Gasteiger partial charge in [0, 0.05) is 25.7 Å². The Labute approximate surface area is 117 Å². The van der Waals surface area contributed by atoms with E-state index in [2.05, 4.69) is 10.3 Å². The van der Waals surface area contributed by atoms with Crippen LogP contribution in [0.2, 0.25) is 0 Å². The highest BCUT2D eigenvalue weighted by molar-refractivity contribution is 5.79. The third-order valence-corrected chi connectivity index (χ3v) is 3.44. The van der Waals surface area contributed by atoms with Crippen molar-refractivity contribution in [3.05, 3.63) is 12.4 Å². The summed E-state index contributed by atoms with van der Waals surface area (Å²) >= 11 is 0. The maximum Gasteiger partial charge on any atom is 0.394 e. The van der Waals surface area contributed by atoms with Crippen molar-refractivity contribution >= 4 is 11.9 Å². The highest BCUT2D eigenvalue weighted by Gasteiger charge is 2.53. The summed E-state index contributed by atoms with van der Waals surface area (Å²) in [5.41, 5.74) is 0. The van der Waals surface area contributed by atoms with Crippen molar-refractivity contribution in [3.8, 4) is 0 Å². The minimum absolute atomic E-state index is 0.0553. The minimum atomic E-state index is -4.63. The molecule has 0 aromatic carbocycles. The third-order valence-electron chi connectivity index (χ3n) is 3.44. The maximum absolute atomic E-state index is 12.8. The number of aryl methyl sites for hydroxylation is 1. The van der Waals surface area contributed by atoms with Gasteiger partial charge in [0.15, 0.2) is 0 Å². The van der Waals surface area contributed by atoms with Crippen LogP contribution in [0, 0.1) is 11.8 Å². The second-order valence-electron chi connectivity index (χ2n) is 4.81. The molecule has 7 nitrogen and oxygen atoms in total. The van der Waals surface area contributed by atoms with Crippen LogP contribution in [0.4, 0.5) is 13.2 Å². The van der Waals surface area contributed by atoms with E-state index in [9.17, 15) is 22.8 Å². The SMILES string of the molecule is O=C(O)[C@@H]1CN(C(=O)CCn2ccnn2)C[C@H]1C(F)(F)F. The van der Waals surface area contributed by atoms with Gasteiger partial charge in [-0.25, -0.2) is 0 Å². The van der Waals surface area contributed by atoms with Crippen LogP contribution in [-0.2, 0) is 16.1 Å². The van der Waals surface area contributed by atoms with Crippen molar-refractivity contribution in [2.24, 2.45) is 11.8 Å². The molecule has 0 saturated carbocycles. The molecule has 1 aliphatic heterocycles. The van der Waals surface area contributed by atoms with Gasteiger partial charge in [0.1, 0.15) is 0 Å². The number of carbonyl (C=O) groups is 2. The lowest BCUT2D eigenvalue weighted by molar-refractivity contribution is -0.188. The lowest BCUT2D eigenvalue weighted by Crippen LogP contribution is -2.34. The number of halogens is 3. The van der Waals surface area contributed by atoms with E-state index in [1.54, 1.807) is 0 Å². The summed E-state index contributed by atoms with van der Waals surface area (Å²) in [5.74, 6) is -5.70. The quantitative estimate of drug-likeness (QED) is 0.869. The zero-order valence-electron chi connectivity index (χ0n) is 10.8. The van der Waals surface area contributed by atoms with Gasteiger partial charge in [0.05, 0.1) is 24.6 Å². The Bertz CT molecular complexity index is 517. The first-order valence-electron chi connectivity index (χ1n) is 6.20. The van der Waals surface area contributed by atoms with E-state index in [1.807, 2.05) is 0 Å². The Morgan fingerprint density at radius 1 is 1.33 bits per heavy atom. The number of aliphatic carboxylic acids is 1. The van der Waals surface area contributed by atoms with Gasteiger partial charge in [0.25, 0.3) is 0 Å². The standard InChI is InChI=1S/C11H13F3N4O3/c12-11(13,14)8-6-17(5-7(8)10(20)21)9(19)1-3-18-4-2-15-16-18/h2,4,7-8H,1,3,5-6H2,(H,20,21)/t7-,8-/m1/s1. The molecule has 1 fully saturated rings. The number of hydrogen-bond donors (Lipinski definition) is 1. The summed E-state index contributed by atoms with van der Waals surface area (Å²) in [7, 11) is 0. The van der Waals surface area contributed by atoms with Gasteiger partial charge >= 0.3 is 12.1 Å². The smallest absolute Gasteiger partial charge is 0.394 e. The number of carbonyl (C=O) groups excluding carboxylic acids is 1. The van der Waals surface area contributed by atoms with E-state index in [0.29, 0.717) is 0 Å². The molecule has 1 aromatic heterocycles. The predicted molar refractivity (Wildman–Crippen MR) is 61.9 cm³/mol. The number of rotatable bonds is 4. The predicted octanol–water partition coefficient (Wildman–Crippen LogP) is 0.390. The summed E-state index contributed by atoms with van der Waals surface area (Å²) in [6.45, 7) is -0.851. The minimum Gasteiger partial charge on any atom is -0.481 e. The van der Waals surface area contributed by atoms with Gasteiger partial charge < -0.3 is 10.0 Å². The summed E-state index contributed by atoms with van der Waals surface area (Å²) in [4.78, 5) is 23.7. The monoisotopic (exact) mass is 306 g/mol. The molecule has 2 atom stereocenters. The van der Waals surface area contributed by atoms with Crippen molar-refractivity contribution < 1.29 is 27.9 Å². The van der Waals surface area contributed by atoms with E-state index in [0.717, 1.165) is 4.90 Å². The van der Waals surface area contributed by atoms with Crippen LogP contribution in [0.3, 0.4) is 0 Å². The van der Waals surface area contributed by atoms with Gasteiger partial charge in [0.2, 0.25) is 5.91 Å². The average molecular weight is 306 g/mol. The molecule has 1 aromatic rings. The zero-order valence-corrected chi connectivity index (χ0v) is 10.8. The highest BCUT2D eigenvalue weighted by atomic mass is 19.4. The zero-order chi connectivity index (χ0) is 15.6. The van der Waals surface area contributed by atoms with Crippen LogP contribution in [0.15, 0.2) is 12.4 Å². The van der Waals surface area contributed by atoms with Crippen LogP contribution in [0.25, 0.3) is 0 Å². The van der Waals surface area contributed by atoms with Gasteiger partial charge in [-0.05, 0) is 0 Å². The molecule has 116 valence electrons. The lowest BCUT2D eigenvalue weighted by atomic mass is 9.96. The number of aromatic nitrogens is 3. The van der Waals surface area contributed by atoms with Crippen molar-refractivity contribution in [2.45, 2.75) is 19.1 Å². The Hall–Kier alpha value is -2.13. The molecule has 0 bridgehead atoms. The normalized spacial score (nSPS) is 22.5.